The Morgan fingerprint density at radius 3 is 2.18 bits per heavy atom. The second-order valence-electron chi connectivity index (χ2n) is 6.77. The summed E-state index contributed by atoms with van der Waals surface area (Å²) in [7, 11) is 0. The molecule has 6 nitrogen and oxygen atoms in total. The van der Waals surface area contributed by atoms with Gasteiger partial charge in [0.2, 0.25) is 0 Å². The number of likely N-dealkylation sites (tertiary alicyclic amines) is 1. The van der Waals surface area contributed by atoms with Crippen molar-refractivity contribution in [1.82, 2.24) is 15.1 Å². The molecular formula is C16H31N3O3. The van der Waals surface area contributed by atoms with Crippen molar-refractivity contribution in [3.05, 3.63) is 0 Å². The van der Waals surface area contributed by atoms with Gasteiger partial charge in [0.15, 0.2) is 0 Å². The van der Waals surface area contributed by atoms with Gasteiger partial charge in [0.25, 0.3) is 0 Å². The van der Waals surface area contributed by atoms with E-state index in [9.17, 15) is 9.59 Å². The second kappa shape index (κ2) is 8.25. The summed E-state index contributed by atoms with van der Waals surface area (Å²) in [6.45, 7) is 13.1. The summed E-state index contributed by atoms with van der Waals surface area (Å²) < 4.78 is 5.38. The first-order valence-electron chi connectivity index (χ1n) is 8.27. The molecule has 1 N–H and O–H groups in total. The van der Waals surface area contributed by atoms with Crippen LogP contribution in [-0.2, 0) is 4.74 Å². The Balaban J connectivity index is 2.31. The molecule has 0 atom stereocenters. The average Bonchev–Trinajstić information content (AvgIpc) is 2.45. The fourth-order valence-electron chi connectivity index (χ4n) is 2.50. The van der Waals surface area contributed by atoms with Gasteiger partial charge in [-0.25, -0.2) is 9.59 Å². The molecule has 6 heteroatoms. The topological polar surface area (TPSA) is 61.9 Å². The lowest BCUT2D eigenvalue weighted by Crippen LogP contribution is -2.45. The predicted octanol–water partition coefficient (Wildman–Crippen LogP) is 2.68. The van der Waals surface area contributed by atoms with E-state index in [1.807, 2.05) is 34.6 Å². The van der Waals surface area contributed by atoms with Crippen molar-refractivity contribution in [3.8, 4) is 0 Å². The van der Waals surface area contributed by atoms with Crippen molar-refractivity contribution in [2.24, 2.45) is 5.92 Å². The van der Waals surface area contributed by atoms with Crippen LogP contribution in [0.2, 0.25) is 0 Å². The Morgan fingerprint density at radius 2 is 1.73 bits per heavy atom. The first-order valence-corrected chi connectivity index (χ1v) is 8.27. The number of urea groups is 1. The molecule has 0 aromatic heterocycles. The van der Waals surface area contributed by atoms with E-state index in [2.05, 4.69) is 5.32 Å². The Bertz CT molecular complexity index is 367. The molecule has 0 saturated carbocycles. The van der Waals surface area contributed by atoms with Gasteiger partial charge in [0, 0.05) is 32.7 Å². The average molecular weight is 313 g/mol. The van der Waals surface area contributed by atoms with E-state index in [4.69, 9.17) is 4.74 Å². The summed E-state index contributed by atoms with van der Waals surface area (Å²) in [5, 5.41) is 2.99. The van der Waals surface area contributed by atoms with Gasteiger partial charge in [-0.15, -0.1) is 0 Å². The van der Waals surface area contributed by atoms with E-state index >= 15 is 0 Å². The van der Waals surface area contributed by atoms with E-state index in [-0.39, 0.29) is 12.1 Å². The fraction of sp³-hybridized carbons (Fsp3) is 0.875. The zero-order valence-electron chi connectivity index (χ0n) is 14.6. The molecule has 128 valence electrons. The van der Waals surface area contributed by atoms with Crippen molar-refractivity contribution >= 4 is 12.1 Å². The number of ether oxygens (including phenoxy) is 1. The van der Waals surface area contributed by atoms with Crippen molar-refractivity contribution in [3.63, 3.8) is 0 Å². The number of nitrogens with one attached hydrogen (secondary N) is 1. The van der Waals surface area contributed by atoms with Gasteiger partial charge < -0.3 is 19.9 Å². The Hall–Kier alpha value is -1.46. The Kier molecular flexibility index (Phi) is 6.97. The summed E-state index contributed by atoms with van der Waals surface area (Å²) in [5.74, 6) is 0.429. The molecule has 0 unspecified atom stereocenters. The van der Waals surface area contributed by atoms with Gasteiger partial charge in [-0.1, -0.05) is 0 Å². The first kappa shape index (κ1) is 18.6. The third-order valence-corrected chi connectivity index (χ3v) is 3.86. The highest BCUT2D eigenvalue weighted by Crippen LogP contribution is 2.19. The monoisotopic (exact) mass is 313 g/mol. The fourth-order valence-corrected chi connectivity index (χ4v) is 2.50. The molecule has 1 aliphatic heterocycles. The lowest BCUT2D eigenvalue weighted by Gasteiger charge is -2.33. The molecule has 0 aromatic rings. The molecule has 0 radical (unpaired) electrons. The maximum Gasteiger partial charge on any atom is 0.410 e. The number of carbonyl (C=O) groups excluding carboxylic acids is 2. The molecule has 1 heterocycles. The minimum atomic E-state index is -0.453. The molecular weight excluding hydrogens is 282 g/mol. The maximum absolute atomic E-state index is 12.0. The minimum Gasteiger partial charge on any atom is -0.444 e. The zero-order valence-corrected chi connectivity index (χ0v) is 14.6. The van der Waals surface area contributed by atoms with Crippen LogP contribution in [0.1, 0.15) is 47.5 Å². The van der Waals surface area contributed by atoms with Gasteiger partial charge in [0.05, 0.1) is 0 Å². The smallest absolute Gasteiger partial charge is 0.410 e. The lowest BCUT2D eigenvalue weighted by atomic mass is 9.97. The second-order valence-corrected chi connectivity index (χ2v) is 6.77. The first-order chi connectivity index (χ1) is 10.3. The zero-order chi connectivity index (χ0) is 16.8. The predicted molar refractivity (Wildman–Crippen MR) is 86.9 cm³/mol. The highest BCUT2D eigenvalue weighted by molar-refractivity contribution is 5.74. The van der Waals surface area contributed by atoms with E-state index in [1.54, 1.807) is 9.80 Å². The van der Waals surface area contributed by atoms with Gasteiger partial charge in [-0.05, 0) is 53.4 Å². The third kappa shape index (κ3) is 6.12. The van der Waals surface area contributed by atoms with Crippen LogP contribution in [0.3, 0.4) is 0 Å². The Labute approximate surface area is 134 Å². The number of carbonyl (C=O) groups is 2. The highest BCUT2D eigenvalue weighted by atomic mass is 16.6. The molecule has 1 fully saturated rings. The van der Waals surface area contributed by atoms with Crippen LogP contribution in [0.4, 0.5) is 9.59 Å². The van der Waals surface area contributed by atoms with Crippen LogP contribution in [-0.4, -0.2) is 60.2 Å². The summed E-state index contributed by atoms with van der Waals surface area (Å²) in [5.41, 5.74) is -0.453. The van der Waals surface area contributed by atoms with Crippen molar-refractivity contribution in [2.45, 2.75) is 53.1 Å². The molecule has 1 rings (SSSR count). The van der Waals surface area contributed by atoms with E-state index in [0.29, 0.717) is 25.6 Å². The molecule has 0 aliphatic carbocycles. The van der Waals surface area contributed by atoms with Crippen LogP contribution in [0.25, 0.3) is 0 Å². The SMILES string of the molecule is CCN(CC)C(=O)NCC1CCN(C(=O)OC(C)(C)C)CC1. The van der Waals surface area contributed by atoms with Crippen LogP contribution >= 0.6 is 0 Å². The quantitative estimate of drug-likeness (QED) is 0.868. The lowest BCUT2D eigenvalue weighted by molar-refractivity contribution is 0.0184. The number of amides is 3. The van der Waals surface area contributed by atoms with Crippen LogP contribution in [0, 0.1) is 5.92 Å². The molecule has 3 amide bonds. The summed E-state index contributed by atoms with van der Waals surface area (Å²) >= 11 is 0. The normalized spacial score (nSPS) is 16.3. The van der Waals surface area contributed by atoms with Crippen molar-refractivity contribution < 1.29 is 14.3 Å². The molecule has 1 aliphatic rings. The molecule has 0 spiro atoms. The molecule has 0 aromatic carbocycles. The van der Waals surface area contributed by atoms with Crippen LogP contribution in [0.15, 0.2) is 0 Å². The van der Waals surface area contributed by atoms with Gasteiger partial charge in [0.1, 0.15) is 5.60 Å². The molecule has 0 bridgehead atoms. The third-order valence-electron chi connectivity index (χ3n) is 3.86. The maximum atomic E-state index is 12.0. The molecule has 1 saturated heterocycles. The van der Waals surface area contributed by atoms with Gasteiger partial charge in [-0.2, -0.15) is 0 Å². The largest absolute Gasteiger partial charge is 0.444 e. The van der Waals surface area contributed by atoms with Crippen LogP contribution in [0.5, 0.6) is 0 Å². The highest BCUT2D eigenvalue weighted by Gasteiger charge is 2.27. The molecule has 22 heavy (non-hydrogen) atoms. The van der Waals surface area contributed by atoms with Crippen molar-refractivity contribution in [2.75, 3.05) is 32.7 Å². The Morgan fingerprint density at radius 1 is 1.18 bits per heavy atom. The van der Waals surface area contributed by atoms with E-state index < -0.39 is 5.60 Å². The number of piperidine rings is 1. The number of rotatable bonds is 4. The van der Waals surface area contributed by atoms with Crippen molar-refractivity contribution in [1.29, 1.82) is 0 Å². The summed E-state index contributed by atoms with van der Waals surface area (Å²) in [6, 6.07) is -0.000396. The van der Waals surface area contributed by atoms with Gasteiger partial charge >= 0.3 is 12.1 Å². The van der Waals surface area contributed by atoms with E-state index in [0.717, 1.165) is 25.9 Å². The standard InChI is InChI=1S/C16H31N3O3/c1-6-18(7-2)14(20)17-12-13-8-10-19(11-9-13)15(21)22-16(3,4)5/h13H,6-12H2,1-5H3,(H,17,20). The van der Waals surface area contributed by atoms with E-state index in [1.165, 1.54) is 0 Å². The van der Waals surface area contributed by atoms with Crippen LogP contribution < -0.4 is 5.32 Å². The number of hydrogen-bond acceptors (Lipinski definition) is 3. The summed E-state index contributed by atoms with van der Waals surface area (Å²) in [4.78, 5) is 27.4. The number of nitrogens with zero attached hydrogens (tertiary/aromatic N) is 2. The van der Waals surface area contributed by atoms with Gasteiger partial charge in [-0.3, -0.25) is 0 Å². The number of hydrogen-bond donors (Lipinski definition) is 1. The summed E-state index contributed by atoms with van der Waals surface area (Å²) in [6.07, 6.45) is 1.56. The minimum absolute atomic E-state index is 0.000396.